The molecular weight excluding hydrogens is 454 g/mol. The Morgan fingerprint density at radius 1 is 1.17 bits per heavy atom. The minimum Gasteiger partial charge on any atom is -0.464 e. The van der Waals surface area contributed by atoms with E-state index >= 15 is 0 Å². The molecule has 0 radical (unpaired) electrons. The number of rotatable bonds is 7. The Labute approximate surface area is 201 Å². The Bertz CT molecular complexity index is 1360. The van der Waals surface area contributed by atoms with Gasteiger partial charge in [0.15, 0.2) is 0 Å². The molecular formula is C25H25N3O7. The van der Waals surface area contributed by atoms with E-state index in [1.807, 2.05) is 35.8 Å². The number of nitrogens with zero attached hydrogens (tertiary/aromatic N) is 2. The van der Waals surface area contributed by atoms with Crippen molar-refractivity contribution in [2.45, 2.75) is 33.4 Å². The number of furan rings is 1. The topological polar surface area (TPSA) is 120 Å². The van der Waals surface area contributed by atoms with Crippen LogP contribution in [0, 0.1) is 6.92 Å². The van der Waals surface area contributed by atoms with Crippen LogP contribution in [0.15, 0.2) is 46.5 Å². The number of para-hydroxylation sites is 1. The lowest BCUT2D eigenvalue weighted by molar-refractivity contribution is -0.146. The van der Waals surface area contributed by atoms with Gasteiger partial charge in [0.1, 0.15) is 17.5 Å². The van der Waals surface area contributed by atoms with Crippen molar-refractivity contribution in [2.24, 2.45) is 0 Å². The third-order valence-corrected chi connectivity index (χ3v) is 5.83. The molecule has 35 heavy (non-hydrogen) atoms. The number of benzene rings is 1. The van der Waals surface area contributed by atoms with Crippen molar-refractivity contribution in [1.82, 2.24) is 14.8 Å². The smallest absolute Gasteiger partial charge is 0.373 e. The van der Waals surface area contributed by atoms with E-state index in [-0.39, 0.29) is 36.3 Å². The second kappa shape index (κ2) is 9.49. The van der Waals surface area contributed by atoms with Crippen molar-refractivity contribution < 1.29 is 33.1 Å². The molecule has 0 bridgehead atoms. The minimum atomic E-state index is -0.655. The van der Waals surface area contributed by atoms with Crippen LogP contribution in [0.3, 0.4) is 0 Å². The lowest BCUT2D eigenvalue weighted by Gasteiger charge is -2.16. The van der Waals surface area contributed by atoms with E-state index < -0.39 is 23.9 Å². The summed E-state index contributed by atoms with van der Waals surface area (Å²) in [7, 11) is 1.23. The minimum absolute atomic E-state index is 0.0236. The van der Waals surface area contributed by atoms with E-state index in [0.29, 0.717) is 5.56 Å². The molecule has 3 aromatic rings. The van der Waals surface area contributed by atoms with Gasteiger partial charge in [0.25, 0.3) is 5.91 Å². The lowest BCUT2D eigenvalue weighted by Crippen LogP contribution is -2.30. The Morgan fingerprint density at radius 3 is 2.63 bits per heavy atom. The summed E-state index contributed by atoms with van der Waals surface area (Å²) in [6.45, 7) is 5.47. The van der Waals surface area contributed by atoms with Crippen LogP contribution in [0.4, 0.5) is 4.79 Å². The van der Waals surface area contributed by atoms with Gasteiger partial charge in [-0.25, -0.2) is 14.4 Å². The largest absolute Gasteiger partial charge is 0.464 e. The summed E-state index contributed by atoms with van der Waals surface area (Å²) in [6, 6.07) is 9.22. The second-order valence-electron chi connectivity index (χ2n) is 7.95. The summed E-state index contributed by atoms with van der Waals surface area (Å²) in [4.78, 5) is 50.7. The predicted molar refractivity (Wildman–Crippen MR) is 125 cm³/mol. The van der Waals surface area contributed by atoms with Crippen molar-refractivity contribution in [3.8, 4) is 0 Å². The molecule has 1 N–H and O–H groups in total. The molecule has 1 fully saturated rings. The fourth-order valence-corrected chi connectivity index (χ4v) is 4.15. The number of amides is 3. The molecule has 10 heteroatoms. The number of hydrogen-bond donors (Lipinski definition) is 1. The van der Waals surface area contributed by atoms with Crippen LogP contribution < -0.4 is 5.32 Å². The highest BCUT2D eigenvalue weighted by Crippen LogP contribution is 2.32. The average Bonchev–Trinajstić information content (AvgIpc) is 3.50. The standard InChI is InChI=1S/C25H25N3O7/c1-5-34-23(30)15(3)28-14(2)18(17-8-6-7-9-20(17)28)12-19-22(29)27(25(32)26-19)13-16-10-11-21(35-16)24(31)33-4/h6-12,15H,5,13H2,1-4H3,(H,26,32)/b19-12-/t15-/m1/s1. The van der Waals surface area contributed by atoms with Crippen molar-refractivity contribution in [3.63, 3.8) is 0 Å². The van der Waals surface area contributed by atoms with Crippen LogP contribution >= 0.6 is 0 Å². The SMILES string of the molecule is CCOC(=O)[C@@H](C)n1c(C)c(/C=C2\NC(=O)N(Cc3ccc(C(=O)OC)o3)C2=O)c2ccccc21. The number of fused-ring (bicyclic) bond motifs is 1. The van der Waals surface area contributed by atoms with Gasteiger partial charge in [-0.1, -0.05) is 18.2 Å². The number of imide groups is 1. The van der Waals surface area contributed by atoms with Crippen LogP contribution in [0.25, 0.3) is 17.0 Å². The van der Waals surface area contributed by atoms with Crippen LogP contribution in [-0.2, 0) is 25.6 Å². The molecule has 0 aliphatic carbocycles. The number of carbonyl (C=O) groups is 4. The molecule has 3 heterocycles. The van der Waals surface area contributed by atoms with Crippen LogP contribution in [0.2, 0.25) is 0 Å². The van der Waals surface area contributed by atoms with Crippen molar-refractivity contribution in [3.05, 3.63) is 64.9 Å². The van der Waals surface area contributed by atoms with E-state index in [1.165, 1.54) is 19.2 Å². The average molecular weight is 479 g/mol. The maximum Gasteiger partial charge on any atom is 0.373 e. The number of esters is 2. The van der Waals surface area contributed by atoms with Gasteiger partial charge in [0.2, 0.25) is 5.76 Å². The van der Waals surface area contributed by atoms with E-state index in [9.17, 15) is 19.2 Å². The van der Waals surface area contributed by atoms with Gasteiger partial charge in [-0.3, -0.25) is 9.69 Å². The molecule has 0 saturated carbocycles. The molecule has 182 valence electrons. The summed E-state index contributed by atoms with van der Waals surface area (Å²) in [5.41, 5.74) is 2.34. The molecule has 2 aromatic heterocycles. The van der Waals surface area contributed by atoms with Gasteiger partial charge in [0, 0.05) is 22.2 Å². The third-order valence-electron chi connectivity index (χ3n) is 5.83. The zero-order valence-electron chi connectivity index (χ0n) is 19.8. The highest BCUT2D eigenvalue weighted by atomic mass is 16.5. The number of aromatic nitrogens is 1. The molecule has 10 nitrogen and oxygen atoms in total. The van der Waals surface area contributed by atoms with Crippen LogP contribution in [0.5, 0.6) is 0 Å². The zero-order chi connectivity index (χ0) is 25.3. The monoisotopic (exact) mass is 479 g/mol. The first-order chi connectivity index (χ1) is 16.8. The highest BCUT2D eigenvalue weighted by molar-refractivity contribution is 6.14. The fourth-order valence-electron chi connectivity index (χ4n) is 4.15. The molecule has 3 amide bonds. The first kappa shape index (κ1) is 23.8. The van der Waals surface area contributed by atoms with Gasteiger partial charge in [-0.2, -0.15) is 0 Å². The third kappa shape index (κ3) is 4.30. The lowest BCUT2D eigenvalue weighted by atomic mass is 10.1. The van der Waals surface area contributed by atoms with E-state index in [1.54, 1.807) is 19.9 Å². The molecule has 1 atom stereocenters. The van der Waals surface area contributed by atoms with Crippen LogP contribution in [0.1, 0.15) is 47.5 Å². The van der Waals surface area contributed by atoms with E-state index in [2.05, 4.69) is 10.1 Å². The number of hydrogen-bond acceptors (Lipinski definition) is 7. The number of carbonyl (C=O) groups excluding carboxylic acids is 4. The van der Waals surface area contributed by atoms with Gasteiger partial charge < -0.3 is 23.8 Å². The quantitative estimate of drug-likeness (QED) is 0.313. The summed E-state index contributed by atoms with van der Waals surface area (Å²) in [6.07, 6.45) is 1.61. The number of ether oxygens (including phenoxy) is 2. The molecule has 0 spiro atoms. The van der Waals surface area contributed by atoms with Crippen molar-refractivity contribution in [1.29, 1.82) is 0 Å². The van der Waals surface area contributed by atoms with Crippen LogP contribution in [-0.4, -0.2) is 47.1 Å². The summed E-state index contributed by atoms with van der Waals surface area (Å²) in [5, 5.41) is 3.42. The van der Waals surface area contributed by atoms with E-state index in [0.717, 1.165) is 21.5 Å². The molecule has 4 rings (SSSR count). The summed E-state index contributed by atoms with van der Waals surface area (Å²) >= 11 is 0. The van der Waals surface area contributed by atoms with Gasteiger partial charge >= 0.3 is 18.0 Å². The van der Waals surface area contributed by atoms with E-state index in [4.69, 9.17) is 9.15 Å². The first-order valence-corrected chi connectivity index (χ1v) is 11.0. The van der Waals surface area contributed by atoms with Crippen molar-refractivity contribution >= 4 is 40.9 Å². The Kier molecular flexibility index (Phi) is 6.46. The Balaban J connectivity index is 1.67. The molecule has 1 aliphatic heterocycles. The number of urea groups is 1. The molecule has 0 unspecified atom stereocenters. The maximum absolute atomic E-state index is 13.1. The Morgan fingerprint density at radius 2 is 1.91 bits per heavy atom. The second-order valence-corrected chi connectivity index (χ2v) is 7.95. The Hall–Kier alpha value is -4.34. The van der Waals surface area contributed by atoms with Crippen molar-refractivity contribution in [2.75, 3.05) is 13.7 Å². The zero-order valence-corrected chi connectivity index (χ0v) is 19.8. The molecule has 1 saturated heterocycles. The number of methoxy groups -OCH3 is 1. The summed E-state index contributed by atoms with van der Waals surface area (Å²) in [5.74, 6) is -1.33. The highest BCUT2D eigenvalue weighted by Gasteiger charge is 2.35. The normalized spacial score (nSPS) is 15.5. The molecule has 1 aromatic carbocycles. The fraction of sp³-hybridized carbons (Fsp3) is 0.280. The first-order valence-electron chi connectivity index (χ1n) is 11.0. The molecule has 1 aliphatic rings. The van der Waals surface area contributed by atoms with Gasteiger partial charge in [-0.05, 0) is 45.0 Å². The van der Waals surface area contributed by atoms with Gasteiger partial charge in [0.05, 0.1) is 20.3 Å². The predicted octanol–water partition coefficient (Wildman–Crippen LogP) is 3.55. The maximum atomic E-state index is 13.1. The number of nitrogens with one attached hydrogen (secondary N) is 1. The van der Waals surface area contributed by atoms with Gasteiger partial charge in [-0.15, -0.1) is 0 Å². The summed E-state index contributed by atoms with van der Waals surface area (Å²) < 4.78 is 17.0.